The smallest absolute Gasteiger partial charge is 0.230 e. The Morgan fingerprint density at radius 1 is 1.00 bits per heavy atom. The SMILES string of the molecule is C/C=C(\C)Oc1ccc(NC(=S)NC(=O)Cc2ccccc2)cn1.CNc1ccc(OC)c(OC)c1. The van der Waals surface area contributed by atoms with Gasteiger partial charge in [0.15, 0.2) is 16.6 Å². The Hall–Kier alpha value is -4.11. The van der Waals surface area contributed by atoms with Crippen molar-refractivity contribution in [1.82, 2.24) is 10.3 Å². The van der Waals surface area contributed by atoms with Gasteiger partial charge in [-0.3, -0.25) is 4.79 Å². The van der Waals surface area contributed by atoms with Gasteiger partial charge in [-0.1, -0.05) is 30.3 Å². The fraction of sp³-hybridized carbons (Fsp3) is 0.222. The monoisotopic (exact) mass is 508 g/mol. The van der Waals surface area contributed by atoms with Crippen LogP contribution in [0.3, 0.4) is 0 Å². The van der Waals surface area contributed by atoms with Crippen molar-refractivity contribution < 1.29 is 19.0 Å². The molecular weight excluding hydrogens is 476 g/mol. The number of hydrogen-bond acceptors (Lipinski definition) is 7. The van der Waals surface area contributed by atoms with E-state index in [1.165, 1.54) is 0 Å². The first-order valence-corrected chi connectivity index (χ1v) is 11.6. The molecule has 3 rings (SSSR count). The number of methoxy groups -OCH3 is 2. The topological polar surface area (TPSA) is 93.7 Å². The number of allylic oxidation sites excluding steroid dienone is 2. The van der Waals surface area contributed by atoms with Crippen molar-refractivity contribution in [3.63, 3.8) is 0 Å². The Balaban J connectivity index is 0.000000319. The number of carbonyl (C=O) groups is 1. The molecule has 8 nitrogen and oxygen atoms in total. The zero-order valence-electron chi connectivity index (χ0n) is 21.1. The molecule has 190 valence electrons. The van der Waals surface area contributed by atoms with Crippen LogP contribution in [-0.2, 0) is 11.2 Å². The fourth-order valence-corrected chi connectivity index (χ4v) is 3.08. The number of benzene rings is 2. The molecule has 0 bridgehead atoms. The van der Waals surface area contributed by atoms with Crippen molar-refractivity contribution in [3.05, 3.63) is 84.3 Å². The molecule has 0 radical (unpaired) electrons. The molecule has 1 amide bonds. The quantitative estimate of drug-likeness (QED) is 0.283. The predicted molar refractivity (Wildman–Crippen MR) is 148 cm³/mol. The van der Waals surface area contributed by atoms with Crippen LogP contribution in [0.25, 0.3) is 0 Å². The van der Waals surface area contributed by atoms with E-state index >= 15 is 0 Å². The lowest BCUT2D eigenvalue weighted by Crippen LogP contribution is -2.35. The minimum atomic E-state index is -0.171. The number of amides is 1. The Morgan fingerprint density at radius 3 is 2.28 bits per heavy atom. The fourth-order valence-electron chi connectivity index (χ4n) is 2.84. The van der Waals surface area contributed by atoms with Gasteiger partial charge in [0.25, 0.3) is 0 Å². The number of thiocarbonyl (C=S) groups is 1. The Morgan fingerprint density at radius 2 is 1.69 bits per heavy atom. The first kappa shape index (κ1) is 28.1. The molecule has 0 fully saturated rings. The van der Waals surface area contributed by atoms with Crippen molar-refractivity contribution in [2.75, 3.05) is 31.9 Å². The molecule has 0 aliphatic rings. The summed E-state index contributed by atoms with van der Waals surface area (Å²) in [6.07, 6.45) is 3.72. The molecule has 1 heterocycles. The summed E-state index contributed by atoms with van der Waals surface area (Å²) in [6.45, 7) is 3.74. The summed E-state index contributed by atoms with van der Waals surface area (Å²) in [5, 5.41) is 8.82. The standard InChI is InChI=1S/C18H19N3O2S.C9H13NO2/c1-3-13(2)23-17-10-9-15(12-19-17)20-18(24)21-16(22)11-14-7-5-4-6-8-14;1-10-7-4-5-8(11-2)9(6-7)12-3/h3-10,12H,11H2,1-2H3,(H2,20,21,22,24);4-6,10H,1-3H3/b13-3+;. The first-order chi connectivity index (χ1) is 17.4. The summed E-state index contributed by atoms with van der Waals surface area (Å²) in [7, 11) is 5.11. The summed E-state index contributed by atoms with van der Waals surface area (Å²) in [5.74, 6) is 2.58. The molecule has 0 atom stereocenters. The van der Waals surface area contributed by atoms with Crippen LogP contribution in [0.4, 0.5) is 11.4 Å². The third kappa shape index (κ3) is 9.63. The van der Waals surface area contributed by atoms with Gasteiger partial charge in [0, 0.05) is 24.9 Å². The summed E-state index contributed by atoms with van der Waals surface area (Å²) in [6, 6.07) is 18.7. The number of nitrogens with one attached hydrogen (secondary N) is 3. The van der Waals surface area contributed by atoms with E-state index in [2.05, 4.69) is 20.9 Å². The molecule has 1 aromatic heterocycles. The third-order valence-electron chi connectivity index (χ3n) is 4.80. The van der Waals surface area contributed by atoms with Crippen LogP contribution >= 0.6 is 12.2 Å². The zero-order valence-corrected chi connectivity index (χ0v) is 21.9. The zero-order chi connectivity index (χ0) is 26.3. The van der Waals surface area contributed by atoms with Gasteiger partial charge in [0.2, 0.25) is 11.8 Å². The van der Waals surface area contributed by atoms with Crippen LogP contribution in [0.15, 0.2) is 78.7 Å². The molecule has 3 N–H and O–H groups in total. The summed E-state index contributed by atoms with van der Waals surface area (Å²) in [4.78, 5) is 16.1. The van der Waals surface area contributed by atoms with Crippen molar-refractivity contribution in [3.8, 4) is 17.4 Å². The molecule has 0 spiro atoms. The van der Waals surface area contributed by atoms with Gasteiger partial charge in [-0.05, 0) is 55.9 Å². The second-order valence-electron chi connectivity index (χ2n) is 7.37. The number of carbonyl (C=O) groups excluding carboxylic acids is 1. The lowest BCUT2D eigenvalue weighted by molar-refractivity contribution is -0.119. The van der Waals surface area contributed by atoms with Gasteiger partial charge in [0.1, 0.15) is 0 Å². The molecule has 2 aromatic carbocycles. The van der Waals surface area contributed by atoms with E-state index < -0.39 is 0 Å². The van der Waals surface area contributed by atoms with Crippen LogP contribution < -0.4 is 30.2 Å². The van der Waals surface area contributed by atoms with Gasteiger partial charge in [-0.2, -0.15) is 0 Å². The van der Waals surface area contributed by atoms with E-state index in [1.807, 2.05) is 75.5 Å². The summed E-state index contributed by atoms with van der Waals surface area (Å²) < 4.78 is 15.7. The molecule has 0 aliphatic carbocycles. The van der Waals surface area contributed by atoms with Crippen molar-refractivity contribution in [2.45, 2.75) is 20.3 Å². The number of pyridine rings is 1. The number of ether oxygens (including phenoxy) is 3. The Labute approximate surface area is 217 Å². The van der Waals surface area contributed by atoms with E-state index in [1.54, 1.807) is 32.5 Å². The lowest BCUT2D eigenvalue weighted by atomic mass is 10.1. The number of hydrogen-bond donors (Lipinski definition) is 3. The first-order valence-electron chi connectivity index (χ1n) is 11.2. The maximum absolute atomic E-state index is 11.9. The van der Waals surface area contributed by atoms with E-state index in [9.17, 15) is 4.79 Å². The minimum absolute atomic E-state index is 0.171. The average Bonchev–Trinajstić information content (AvgIpc) is 2.90. The van der Waals surface area contributed by atoms with Gasteiger partial charge >= 0.3 is 0 Å². The molecular formula is C27H32N4O4S. The molecule has 0 aliphatic heterocycles. The molecule has 0 unspecified atom stereocenters. The lowest BCUT2D eigenvalue weighted by Gasteiger charge is -2.10. The second-order valence-corrected chi connectivity index (χ2v) is 7.78. The molecule has 0 saturated heterocycles. The van der Waals surface area contributed by atoms with Gasteiger partial charge < -0.3 is 30.2 Å². The van der Waals surface area contributed by atoms with Gasteiger partial charge in [-0.25, -0.2) is 4.98 Å². The van der Waals surface area contributed by atoms with Gasteiger partial charge in [-0.15, -0.1) is 0 Å². The highest BCUT2D eigenvalue weighted by Crippen LogP contribution is 2.29. The predicted octanol–water partition coefficient (Wildman–Crippen LogP) is 5.19. The van der Waals surface area contributed by atoms with Crippen LogP contribution in [0, 0.1) is 0 Å². The summed E-state index contributed by atoms with van der Waals surface area (Å²) in [5.41, 5.74) is 2.61. The van der Waals surface area contributed by atoms with Crippen LogP contribution in [0.2, 0.25) is 0 Å². The van der Waals surface area contributed by atoms with E-state index in [0.717, 1.165) is 28.5 Å². The maximum atomic E-state index is 11.9. The van der Waals surface area contributed by atoms with Crippen molar-refractivity contribution in [2.24, 2.45) is 0 Å². The van der Waals surface area contributed by atoms with Crippen molar-refractivity contribution in [1.29, 1.82) is 0 Å². The number of rotatable bonds is 8. The van der Waals surface area contributed by atoms with Crippen LogP contribution in [-0.4, -0.2) is 37.3 Å². The normalized spacial score (nSPS) is 10.3. The number of nitrogens with zero attached hydrogens (tertiary/aromatic N) is 1. The van der Waals surface area contributed by atoms with E-state index in [0.29, 0.717) is 11.6 Å². The highest BCUT2D eigenvalue weighted by molar-refractivity contribution is 7.80. The molecule has 0 saturated carbocycles. The summed E-state index contributed by atoms with van der Waals surface area (Å²) >= 11 is 5.14. The number of anilines is 2. The highest BCUT2D eigenvalue weighted by atomic mass is 32.1. The van der Waals surface area contributed by atoms with E-state index in [-0.39, 0.29) is 17.4 Å². The Kier molecular flexibility index (Phi) is 11.7. The van der Waals surface area contributed by atoms with Crippen LogP contribution in [0.1, 0.15) is 19.4 Å². The second kappa shape index (κ2) is 15.0. The third-order valence-corrected chi connectivity index (χ3v) is 5.00. The number of aromatic nitrogens is 1. The maximum Gasteiger partial charge on any atom is 0.230 e. The van der Waals surface area contributed by atoms with Crippen LogP contribution in [0.5, 0.6) is 17.4 Å². The highest BCUT2D eigenvalue weighted by Gasteiger charge is 2.07. The minimum Gasteiger partial charge on any atom is -0.493 e. The largest absolute Gasteiger partial charge is 0.493 e. The average molecular weight is 509 g/mol. The van der Waals surface area contributed by atoms with Gasteiger partial charge in [0.05, 0.1) is 38.3 Å². The molecule has 36 heavy (non-hydrogen) atoms. The van der Waals surface area contributed by atoms with E-state index in [4.69, 9.17) is 26.4 Å². The Bertz CT molecular complexity index is 1150. The molecule has 3 aromatic rings. The van der Waals surface area contributed by atoms with Crippen molar-refractivity contribution >= 4 is 34.6 Å². The molecule has 9 heteroatoms.